The van der Waals surface area contributed by atoms with Crippen LogP contribution >= 0.6 is 34.2 Å². The van der Waals surface area contributed by atoms with Gasteiger partial charge in [-0.3, -0.25) is 4.98 Å². The fourth-order valence-corrected chi connectivity index (χ4v) is 3.09. The van der Waals surface area contributed by atoms with Crippen molar-refractivity contribution in [3.63, 3.8) is 0 Å². The molecule has 1 heterocycles. The molecular weight excluding hydrogens is 383 g/mol. The summed E-state index contributed by atoms with van der Waals surface area (Å²) in [6, 6.07) is 18.1. The minimum Gasteiger partial charge on any atom is -0.379 e. The van der Waals surface area contributed by atoms with Crippen molar-refractivity contribution in [2.24, 2.45) is 0 Å². The zero-order valence-corrected chi connectivity index (χ0v) is 13.5. The molecule has 1 aromatic heterocycles. The van der Waals surface area contributed by atoms with Crippen LogP contribution in [0.1, 0.15) is 5.69 Å². The van der Waals surface area contributed by atoms with Crippen molar-refractivity contribution in [1.29, 1.82) is 0 Å². The molecule has 0 saturated heterocycles. The number of hydrogen-bond acceptors (Lipinski definition) is 2. The molecule has 0 fully saturated rings. The van der Waals surface area contributed by atoms with Gasteiger partial charge in [-0.1, -0.05) is 35.9 Å². The monoisotopic (exact) mass is 394 g/mol. The Labute approximate surface area is 136 Å². The maximum atomic E-state index is 5.95. The first-order chi connectivity index (χ1) is 9.72. The van der Waals surface area contributed by atoms with Gasteiger partial charge in [0, 0.05) is 19.7 Å². The van der Waals surface area contributed by atoms with Gasteiger partial charge in [-0.15, -0.1) is 0 Å². The van der Waals surface area contributed by atoms with Crippen molar-refractivity contribution in [1.82, 2.24) is 4.98 Å². The molecule has 0 atom stereocenters. The van der Waals surface area contributed by atoms with Crippen LogP contribution in [-0.4, -0.2) is 4.98 Å². The lowest BCUT2D eigenvalue weighted by molar-refractivity contribution is 1.07. The zero-order chi connectivity index (χ0) is 13.9. The summed E-state index contributed by atoms with van der Waals surface area (Å²) in [5, 5.41) is 5.31. The molecule has 0 saturated carbocycles. The lowest BCUT2D eigenvalue weighted by Gasteiger charge is -2.09. The minimum atomic E-state index is 0.697. The average molecular weight is 395 g/mol. The standard InChI is InChI=1S/C16H12ClIN2/c17-12-6-8-16(14(18)9-12)19-10-13-7-5-11-3-1-2-4-15(11)20-13/h1-9,19H,10H2. The van der Waals surface area contributed by atoms with Crippen LogP contribution in [0.4, 0.5) is 5.69 Å². The van der Waals surface area contributed by atoms with Gasteiger partial charge in [0.25, 0.3) is 0 Å². The molecule has 3 aromatic rings. The first kappa shape index (κ1) is 13.6. The fourth-order valence-electron chi connectivity index (χ4n) is 2.03. The summed E-state index contributed by atoms with van der Waals surface area (Å²) in [5.74, 6) is 0. The maximum Gasteiger partial charge on any atom is 0.0706 e. The van der Waals surface area contributed by atoms with Gasteiger partial charge >= 0.3 is 0 Å². The highest BCUT2D eigenvalue weighted by Crippen LogP contribution is 2.23. The molecule has 3 rings (SSSR count). The van der Waals surface area contributed by atoms with Crippen molar-refractivity contribution in [3.05, 3.63) is 68.9 Å². The highest BCUT2D eigenvalue weighted by molar-refractivity contribution is 14.1. The summed E-state index contributed by atoms with van der Waals surface area (Å²) in [6.45, 7) is 0.697. The molecular formula is C16H12ClIN2. The molecule has 0 spiro atoms. The van der Waals surface area contributed by atoms with E-state index in [9.17, 15) is 0 Å². The number of anilines is 1. The van der Waals surface area contributed by atoms with Crippen molar-refractivity contribution in [2.75, 3.05) is 5.32 Å². The third-order valence-electron chi connectivity index (χ3n) is 3.05. The van der Waals surface area contributed by atoms with Crippen LogP contribution in [0.15, 0.2) is 54.6 Å². The number of pyridine rings is 1. The molecule has 0 aliphatic carbocycles. The minimum absolute atomic E-state index is 0.697. The Morgan fingerprint density at radius 2 is 1.90 bits per heavy atom. The summed E-state index contributed by atoms with van der Waals surface area (Å²) in [6.07, 6.45) is 0. The van der Waals surface area contributed by atoms with Gasteiger partial charge in [-0.25, -0.2) is 0 Å². The van der Waals surface area contributed by atoms with Crippen LogP contribution in [0.3, 0.4) is 0 Å². The van der Waals surface area contributed by atoms with Crippen molar-refractivity contribution in [3.8, 4) is 0 Å². The molecule has 0 amide bonds. The van der Waals surface area contributed by atoms with E-state index in [4.69, 9.17) is 11.6 Å². The number of halogens is 2. The first-order valence-electron chi connectivity index (χ1n) is 6.26. The second kappa shape index (κ2) is 5.97. The van der Waals surface area contributed by atoms with Crippen molar-refractivity contribution >= 4 is 50.8 Å². The Kier molecular flexibility index (Phi) is 4.08. The number of nitrogens with zero attached hydrogens (tertiary/aromatic N) is 1. The Bertz CT molecular complexity index is 758. The van der Waals surface area contributed by atoms with Crippen molar-refractivity contribution in [2.45, 2.75) is 6.54 Å². The molecule has 20 heavy (non-hydrogen) atoms. The number of para-hydroxylation sites is 1. The highest BCUT2D eigenvalue weighted by atomic mass is 127. The summed E-state index contributed by atoms with van der Waals surface area (Å²) >= 11 is 8.23. The predicted molar refractivity (Wildman–Crippen MR) is 93.2 cm³/mol. The molecule has 0 aliphatic rings. The summed E-state index contributed by atoms with van der Waals surface area (Å²) < 4.78 is 1.11. The number of benzene rings is 2. The molecule has 100 valence electrons. The molecule has 1 N–H and O–H groups in total. The smallest absolute Gasteiger partial charge is 0.0706 e. The fraction of sp³-hybridized carbons (Fsp3) is 0.0625. The average Bonchev–Trinajstić information content (AvgIpc) is 2.46. The Morgan fingerprint density at radius 3 is 2.75 bits per heavy atom. The van der Waals surface area contributed by atoms with E-state index < -0.39 is 0 Å². The lowest BCUT2D eigenvalue weighted by Crippen LogP contribution is -2.03. The van der Waals surface area contributed by atoms with E-state index in [1.807, 2.05) is 36.4 Å². The molecule has 2 aromatic carbocycles. The van der Waals surface area contributed by atoms with Gasteiger partial charge in [-0.2, -0.15) is 0 Å². The number of nitrogens with one attached hydrogen (secondary N) is 1. The van der Waals surface area contributed by atoms with E-state index in [1.54, 1.807) is 0 Å². The number of hydrogen-bond donors (Lipinski definition) is 1. The molecule has 4 heteroatoms. The Hall–Kier alpha value is -1.33. The molecule has 0 bridgehead atoms. The van der Waals surface area contributed by atoms with Gasteiger partial charge in [0.1, 0.15) is 0 Å². The van der Waals surface area contributed by atoms with Crippen LogP contribution in [0.2, 0.25) is 5.02 Å². The van der Waals surface area contributed by atoms with E-state index in [1.165, 1.54) is 0 Å². The summed E-state index contributed by atoms with van der Waals surface area (Å²) in [4.78, 5) is 4.65. The number of rotatable bonds is 3. The number of aromatic nitrogens is 1. The lowest BCUT2D eigenvalue weighted by atomic mass is 10.2. The normalized spacial score (nSPS) is 10.7. The Morgan fingerprint density at radius 1 is 1.05 bits per heavy atom. The quantitative estimate of drug-likeness (QED) is 0.625. The van der Waals surface area contributed by atoms with Gasteiger partial charge in [-0.05, 0) is 52.9 Å². The second-order valence-corrected chi connectivity index (χ2v) is 6.07. The zero-order valence-electron chi connectivity index (χ0n) is 10.6. The molecule has 0 unspecified atom stereocenters. The third-order valence-corrected chi connectivity index (χ3v) is 4.17. The second-order valence-electron chi connectivity index (χ2n) is 4.47. The third kappa shape index (κ3) is 3.04. The van der Waals surface area contributed by atoms with Crippen LogP contribution < -0.4 is 5.32 Å². The first-order valence-corrected chi connectivity index (χ1v) is 7.72. The SMILES string of the molecule is Clc1ccc(NCc2ccc3ccccc3n2)c(I)c1. The Balaban J connectivity index is 1.79. The topological polar surface area (TPSA) is 24.9 Å². The maximum absolute atomic E-state index is 5.95. The van der Waals surface area contributed by atoms with Crippen molar-refractivity contribution < 1.29 is 0 Å². The van der Waals surface area contributed by atoms with Crippen LogP contribution in [-0.2, 0) is 6.54 Å². The van der Waals surface area contributed by atoms with Gasteiger partial charge in [0.05, 0.1) is 17.8 Å². The number of fused-ring (bicyclic) bond motifs is 1. The summed E-state index contributed by atoms with van der Waals surface area (Å²) in [5.41, 5.74) is 3.12. The predicted octanol–water partition coefficient (Wildman–Crippen LogP) is 5.10. The van der Waals surface area contributed by atoms with Gasteiger partial charge in [0.15, 0.2) is 0 Å². The molecule has 0 radical (unpaired) electrons. The van der Waals surface area contributed by atoms with Gasteiger partial charge < -0.3 is 5.32 Å². The van der Waals surface area contributed by atoms with Crippen LogP contribution in [0, 0.1) is 3.57 Å². The summed E-state index contributed by atoms with van der Waals surface area (Å²) in [7, 11) is 0. The van der Waals surface area contributed by atoms with E-state index in [0.717, 1.165) is 30.9 Å². The molecule has 0 aliphatic heterocycles. The van der Waals surface area contributed by atoms with Crippen LogP contribution in [0.5, 0.6) is 0 Å². The largest absolute Gasteiger partial charge is 0.379 e. The van der Waals surface area contributed by atoms with E-state index in [0.29, 0.717) is 6.54 Å². The van der Waals surface area contributed by atoms with E-state index in [2.05, 4.69) is 51.1 Å². The van der Waals surface area contributed by atoms with E-state index >= 15 is 0 Å². The van der Waals surface area contributed by atoms with Gasteiger partial charge in [0.2, 0.25) is 0 Å². The van der Waals surface area contributed by atoms with Crippen LogP contribution in [0.25, 0.3) is 10.9 Å². The van der Waals surface area contributed by atoms with E-state index in [-0.39, 0.29) is 0 Å². The highest BCUT2D eigenvalue weighted by Gasteiger charge is 2.02. The molecule has 2 nitrogen and oxygen atoms in total.